The SMILES string of the molecule is COC(=O)[C@H](Cc1ccccc1)NC(=O)c1nc(N2CCCCC2)ncc1Cl. The maximum atomic E-state index is 12.8. The fourth-order valence-electron chi connectivity index (χ4n) is 3.18. The third-order valence-corrected chi connectivity index (χ3v) is 4.94. The summed E-state index contributed by atoms with van der Waals surface area (Å²) in [6.07, 6.45) is 5.04. The molecule has 1 fully saturated rings. The number of benzene rings is 1. The van der Waals surface area contributed by atoms with E-state index in [1.807, 2.05) is 35.2 Å². The zero-order valence-electron chi connectivity index (χ0n) is 15.7. The molecule has 3 rings (SSSR count). The van der Waals surface area contributed by atoms with Crippen LogP contribution in [-0.2, 0) is 16.0 Å². The van der Waals surface area contributed by atoms with Crippen molar-refractivity contribution in [3.8, 4) is 0 Å². The molecular formula is C20H23ClN4O3. The van der Waals surface area contributed by atoms with Gasteiger partial charge < -0.3 is 15.0 Å². The van der Waals surface area contributed by atoms with Crippen LogP contribution in [0.1, 0.15) is 35.3 Å². The molecule has 0 spiro atoms. The number of carbonyl (C=O) groups is 2. The molecule has 0 saturated carbocycles. The van der Waals surface area contributed by atoms with E-state index < -0.39 is 17.9 Å². The second-order valence-corrected chi connectivity index (χ2v) is 7.06. The number of aromatic nitrogens is 2. The minimum atomic E-state index is -0.843. The molecule has 2 heterocycles. The van der Waals surface area contributed by atoms with Crippen molar-refractivity contribution in [3.05, 3.63) is 52.8 Å². The number of nitrogens with one attached hydrogen (secondary N) is 1. The number of hydrogen-bond acceptors (Lipinski definition) is 6. The summed E-state index contributed by atoms with van der Waals surface area (Å²) in [6, 6.07) is 8.56. The van der Waals surface area contributed by atoms with E-state index in [-0.39, 0.29) is 10.7 Å². The van der Waals surface area contributed by atoms with Gasteiger partial charge in [-0.2, -0.15) is 0 Å². The van der Waals surface area contributed by atoms with Gasteiger partial charge >= 0.3 is 5.97 Å². The molecule has 7 nitrogen and oxygen atoms in total. The first-order valence-electron chi connectivity index (χ1n) is 9.28. The van der Waals surface area contributed by atoms with Crippen LogP contribution < -0.4 is 10.2 Å². The van der Waals surface area contributed by atoms with Crippen molar-refractivity contribution in [2.45, 2.75) is 31.7 Å². The van der Waals surface area contributed by atoms with Gasteiger partial charge in [-0.15, -0.1) is 0 Å². The number of halogens is 1. The van der Waals surface area contributed by atoms with Crippen LogP contribution >= 0.6 is 11.6 Å². The number of esters is 1. The van der Waals surface area contributed by atoms with E-state index in [2.05, 4.69) is 15.3 Å². The summed E-state index contributed by atoms with van der Waals surface area (Å²) in [5, 5.41) is 2.84. The molecule has 8 heteroatoms. The Hall–Kier alpha value is -2.67. The minimum absolute atomic E-state index is 0.0548. The standard InChI is InChI=1S/C20H23ClN4O3/c1-28-19(27)16(12-14-8-4-2-5-9-14)23-18(26)17-15(21)13-22-20(24-17)25-10-6-3-7-11-25/h2,4-5,8-9,13,16H,3,6-7,10-12H2,1H3,(H,23,26)/t16-/m0/s1. The van der Waals surface area contributed by atoms with Crippen molar-refractivity contribution in [1.82, 2.24) is 15.3 Å². The molecule has 1 N–H and O–H groups in total. The van der Waals surface area contributed by atoms with Crippen LogP contribution in [0, 0.1) is 0 Å². The highest BCUT2D eigenvalue weighted by Gasteiger charge is 2.25. The predicted molar refractivity (Wildman–Crippen MR) is 107 cm³/mol. The number of ether oxygens (including phenoxy) is 1. The Morgan fingerprint density at radius 1 is 1.21 bits per heavy atom. The van der Waals surface area contributed by atoms with Gasteiger partial charge in [0.1, 0.15) is 6.04 Å². The number of nitrogens with zero attached hydrogens (tertiary/aromatic N) is 3. The summed E-state index contributed by atoms with van der Waals surface area (Å²) in [7, 11) is 1.29. The smallest absolute Gasteiger partial charge is 0.328 e. The van der Waals surface area contributed by atoms with Gasteiger partial charge in [0.2, 0.25) is 5.95 Å². The molecule has 0 aliphatic carbocycles. The first kappa shape index (κ1) is 20.1. The molecule has 1 saturated heterocycles. The van der Waals surface area contributed by atoms with Gasteiger partial charge in [-0.05, 0) is 24.8 Å². The number of hydrogen-bond donors (Lipinski definition) is 1. The molecule has 1 aliphatic heterocycles. The van der Waals surface area contributed by atoms with E-state index in [1.54, 1.807) is 0 Å². The predicted octanol–water partition coefficient (Wildman–Crippen LogP) is 2.63. The molecule has 0 unspecified atom stereocenters. The normalized spacial score (nSPS) is 15.0. The van der Waals surface area contributed by atoms with Gasteiger partial charge in [0.05, 0.1) is 18.3 Å². The van der Waals surface area contributed by atoms with Crippen LogP contribution in [0.5, 0.6) is 0 Å². The quantitative estimate of drug-likeness (QED) is 0.748. The van der Waals surface area contributed by atoms with Crippen molar-refractivity contribution in [2.24, 2.45) is 0 Å². The van der Waals surface area contributed by atoms with Gasteiger partial charge in [0.15, 0.2) is 5.69 Å². The number of anilines is 1. The second kappa shape index (κ2) is 9.50. The number of methoxy groups -OCH3 is 1. The fraction of sp³-hybridized carbons (Fsp3) is 0.400. The summed E-state index contributed by atoms with van der Waals surface area (Å²) >= 11 is 6.17. The van der Waals surface area contributed by atoms with E-state index in [4.69, 9.17) is 16.3 Å². The molecule has 0 radical (unpaired) electrons. The lowest BCUT2D eigenvalue weighted by Gasteiger charge is -2.26. The summed E-state index contributed by atoms with van der Waals surface area (Å²) in [5.74, 6) is -0.581. The molecule has 1 aromatic heterocycles. The molecule has 1 aliphatic rings. The van der Waals surface area contributed by atoms with E-state index in [9.17, 15) is 9.59 Å². The largest absolute Gasteiger partial charge is 0.467 e. The monoisotopic (exact) mass is 402 g/mol. The third kappa shape index (κ3) is 4.98. The van der Waals surface area contributed by atoms with Gasteiger partial charge in [-0.25, -0.2) is 14.8 Å². The van der Waals surface area contributed by atoms with Crippen molar-refractivity contribution in [2.75, 3.05) is 25.1 Å². The average molecular weight is 403 g/mol. The summed E-state index contributed by atoms with van der Waals surface area (Å²) in [5.41, 5.74) is 0.959. The van der Waals surface area contributed by atoms with Crippen LogP contribution in [0.3, 0.4) is 0 Å². The lowest BCUT2D eigenvalue weighted by molar-refractivity contribution is -0.142. The lowest BCUT2D eigenvalue weighted by atomic mass is 10.1. The van der Waals surface area contributed by atoms with E-state index in [0.717, 1.165) is 31.5 Å². The third-order valence-electron chi connectivity index (χ3n) is 4.66. The Morgan fingerprint density at radius 2 is 1.93 bits per heavy atom. The Labute approximate surface area is 169 Å². The van der Waals surface area contributed by atoms with Crippen molar-refractivity contribution in [3.63, 3.8) is 0 Å². The topological polar surface area (TPSA) is 84.4 Å². The molecule has 28 heavy (non-hydrogen) atoms. The van der Waals surface area contributed by atoms with Crippen LogP contribution in [0.25, 0.3) is 0 Å². The van der Waals surface area contributed by atoms with Crippen LogP contribution in [0.2, 0.25) is 5.02 Å². The Morgan fingerprint density at radius 3 is 2.61 bits per heavy atom. The van der Waals surface area contributed by atoms with E-state index in [0.29, 0.717) is 12.4 Å². The van der Waals surface area contributed by atoms with Crippen molar-refractivity contribution >= 4 is 29.4 Å². The van der Waals surface area contributed by atoms with Gasteiger partial charge in [-0.1, -0.05) is 41.9 Å². The summed E-state index contributed by atoms with van der Waals surface area (Å²) in [6.45, 7) is 1.70. The molecule has 1 amide bonds. The van der Waals surface area contributed by atoms with Crippen LogP contribution in [0.4, 0.5) is 5.95 Å². The number of amides is 1. The first-order chi connectivity index (χ1) is 13.6. The molecule has 0 bridgehead atoms. The number of carbonyl (C=O) groups excluding carboxylic acids is 2. The average Bonchev–Trinajstić information content (AvgIpc) is 2.74. The van der Waals surface area contributed by atoms with Crippen molar-refractivity contribution < 1.29 is 14.3 Å². The zero-order chi connectivity index (χ0) is 19.9. The Bertz CT molecular complexity index is 825. The molecule has 1 atom stereocenters. The second-order valence-electron chi connectivity index (χ2n) is 6.65. The van der Waals surface area contributed by atoms with E-state index >= 15 is 0 Å². The lowest BCUT2D eigenvalue weighted by Crippen LogP contribution is -2.43. The highest BCUT2D eigenvalue weighted by atomic mass is 35.5. The van der Waals surface area contributed by atoms with Crippen molar-refractivity contribution in [1.29, 1.82) is 0 Å². The summed E-state index contributed by atoms with van der Waals surface area (Å²) in [4.78, 5) is 35.6. The van der Waals surface area contributed by atoms with Crippen LogP contribution in [-0.4, -0.2) is 48.1 Å². The highest BCUT2D eigenvalue weighted by Crippen LogP contribution is 2.20. The number of piperidine rings is 1. The maximum absolute atomic E-state index is 12.8. The molecule has 1 aromatic carbocycles. The number of rotatable bonds is 6. The Balaban J connectivity index is 1.78. The minimum Gasteiger partial charge on any atom is -0.467 e. The Kier molecular flexibility index (Phi) is 6.81. The van der Waals surface area contributed by atoms with Crippen LogP contribution in [0.15, 0.2) is 36.5 Å². The van der Waals surface area contributed by atoms with Gasteiger partial charge in [0.25, 0.3) is 5.91 Å². The molecule has 148 valence electrons. The summed E-state index contributed by atoms with van der Waals surface area (Å²) < 4.78 is 4.84. The zero-order valence-corrected chi connectivity index (χ0v) is 16.5. The van der Waals surface area contributed by atoms with Gasteiger partial charge in [-0.3, -0.25) is 4.79 Å². The van der Waals surface area contributed by atoms with E-state index in [1.165, 1.54) is 19.7 Å². The molecular weight excluding hydrogens is 380 g/mol. The molecule has 2 aromatic rings. The van der Waals surface area contributed by atoms with Gasteiger partial charge in [0, 0.05) is 19.5 Å². The maximum Gasteiger partial charge on any atom is 0.328 e. The first-order valence-corrected chi connectivity index (χ1v) is 9.66. The fourth-order valence-corrected chi connectivity index (χ4v) is 3.35. The highest BCUT2D eigenvalue weighted by molar-refractivity contribution is 6.33.